The van der Waals surface area contributed by atoms with Crippen molar-refractivity contribution in [2.75, 3.05) is 13.2 Å². The topological polar surface area (TPSA) is 86.7 Å². The van der Waals surface area contributed by atoms with Gasteiger partial charge in [0, 0.05) is 0 Å². The Morgan fingerprint density at radius 2 is 0.688 bits per heavy atom. The van der Waals surface area contributed by atoms with Gasteiger partial charge in [0.25, 0.3) is 0 Å². The van der Waals surface area contributed by atoms with E-state index in [1.807, 2.05) is 0 Å². The first-order chi connectivity index (χ1) is 13.7. The lowest BCUT2D eigenvalue weighted by molar-refractivity contribution is -0.333. The van der Waals surface area contributed by atoms with Crippen LogP contribution in [0.4, 0.5) is 61.5 Å². The summed E-state index contributed by atoms with van der Waals surface area (Å²) in [4.78, 5) is 0. The van der Waals surface area contributed by atoms with Crippen LogP contribution < -0.4 is 0 Å². The SMILES string of the molecule is O=S(=O)(OCCCCOS(=O)(=O)C(F)(F)C(F)(F)C(F)(F)F)C(F)(F)C(F)(F)C(F)(F)F. The van der Waals surface area contributed by atoms with Crippen LogP contribution in [0, 0.1) is 0 Å². The molecule has 6 nitrogen and oxygen atoms in total. The van der Waals surface area contributed by atoms with Crippen LogP contribution in [0.15, 0.2) is 0 Å². The largest absolute Gasteiger partial charge is 0.461 e. The molecule has 22 heteroatoms. The van der Waals surface area contributed by atoms with Gasteiger partial charge in [0.15, 0.2) is 0 Å². The molecule has 0 aromatic heterocycles. The molecule has 0 spiro atoms. The molecule has 0 saturated carbocycles. The van der Waals surface area contributed by atoms with E-state index < -0.39 is 81.0 Å². The van der Waals surface area contributed by atoms with Crippen LogP contribution in [0.3, 0.4) is 0 Å². The summed E-state index contributed by atoms with van der Waals surface area (Å²) in [6.07, 6.45) is -16.4. The number of hydrogen-bond donors (Lipinski definition) is 0. The van der Waals surface area contributed by atoms with E-state index in [1.165, 1.54) is 0 Å². The molecule has 0 N–H and O–H groups in total. The predicted molar refractivity (Wildman–Crippen MR) is 70.9 cm³/mol. The van der Waals surface area contributed by atoms with Crippen molar-refractivity contribution in [3.8, 4) is 0 Å². The lowest BCUT2D eigenvalue weighted by atomic mass is 10.3. The Hall–Kier alpha value is -1.16. The molecule has 0 atom stereocenters. The van der Waals surface area contributed by atoms with Crippen molar-refractivity contribution < 1.29 is 86.7 Å². The van der Waals surface area contributed by atoms with Crippen LogP contribution in [0.25, 0.3) is 0 Å². The van der Waals surface area contributed by atoms with Crippen LogP contribution in [0.2, 0.25) is 0 Å². The quantitative estimate of drug-likeness (QED) is 0.218. The van der Waals surface area contributed by atoms with Gasteiger partial charge in [-0.15, -0.1) is 0 Å². The zero-order chi connectivity index (χ0) is 26.2. The second-order valence-corrected chi connectivity index (χ2v) is 8.75. The third-order valence-corrected chi connectivity index (χ3v) is 5.81. The summed E-state index contributed by atoms with van der Waals surface area (Å²) in [5.74, 6) is -14.2. The maximum Gasteiger partial charge on any atom is 0.461 e. The fraction of sp³-hybridized carbons (Fsp3) is 1.00. The van der Waals surface area contributed by atoms with Crippen molar-refractivity contribution in [2.45, 2.75) is 47.5 Å². The molecule has 0 aromatic carbocycles. The van der Waals surface area contributed by atoms with Crippen molar-refractivity contribution in [1.29, 1.82) is 0 Å². The highest BCUT2D eigenvalue weighted by atomic mass is 32.2. The molecule has 0 heterocycles. The number of halogens is 14. The molecule has 0 aliphatic carbocycles. The van der Waals surface area contributed by atoms with Crippen LogP contribution in [0.5, 0.6) is 0 Å². The summed E-state index contributed by atoms with van der Waals surface area (Å²) in [6, 6.07) is 0. The van der Waals surface area contributed by atoms with Crippen LogP contribution in [-0.2, 0) is 28.6 Å². The fourth-order valence-electron chi connectivity index (χ4n) is 1.33. The summed E-state index contributed by atoms with van der Waals surface area (Å²) in [5.41, 5.74) is 0. The van der Waals surface area contributed by atoms with Gasteiger partial charge in [-0.05, 0) is 12.8 Å². The molecule has 0 fully saturated rings. The molecule has 0 unspecified atom stereocenters. The zero-order valence-electron chi connectivity index (χ0n) is 14.4. The van der Waals surface area contributed by atoms with Crippen molar-refractivity contribution in [3.63, 3.8) is 0 Å². The van der Waals surface area contributed by atoms with E-state index in [1.54, 1.807) is 0 Å². The molecule has 0 aromatic rings. The summed E-state index contributed by atoms with van der Waals surface area (Å²) in [5, 5.41) is -13.7. The van der Waals surface area contributed by atoms with Gasteiger partial charge >= 0.3 is 54.9 Å². The first-order valence-corrected chi connectivity index (χ1v) is 9.95. The zero-order valence-corrected chi connectivity index (χ0v) is 16.0. The molecule has 0 radical (unpaired) electrons. The minimum Gasteiger partial charge on any atom is -0.265 e. The molecule has 0 amide bonds. The molecule has 0 bridgehead atoms. The number of alkyl halides is 14. The van der Waals surface area contributed by atoms with E-state index in [2.05, 4.69) is 8.37 Å². The monoisotopic (exact) mass is 554 g/mol. The molecule has 0 aliphatic heterocycles. The Bertz CT molecular complexity index is 785. The van der Waals surface area contributed by atoms with Crippen LogP contribution in [-0.4, -0.2) is 64.8 Å². The number of unbranched alkanes of at least 4 members (excludes halogenated alkanes) is 1. The van der Waals surface area contributed by atoms with Gasteiger partial charge in [0.05, 0.1) is 13.2 Å². The molecule has 194 valence electrons. The molecule has 32 heavy (non-hydrogen) atoms. The Balaban J connectivity index is 5.00. The summed E-state index contributed by atoms with van der Waals surface area (Å²) in [6.45, 7) is -3.41. The van der Waals surface area contributed by atoms with Crippen molar-refractivity contribution >= 4 is 20.2 Å². The molecular formula is C10H8F14O6S2. The lowest BCUT2D eigenvalue weighted by Gasteiger charge is -2.27. The Morgan fingerprint density at radius 3 is 0.875 bits per heavy atom. The first-order valence-electron chi connectivity index (χ1n) is 7.13. The third-order valence-electron chi connectivity index (χ3n) is 3.09. The van der Waals surface area contributed by atoms with Gasteiger partial charge in [0.2, 0.25) is 0 Å². The van der Waals surface area contributed by atoms with Crippen molar-refractivity contribution in [2.24, 2.45) is 0 Å². The first kappa shape index (κ1) is 30.8. The summed E-state index contributed by atoms with van der Waals surface area (Å²) >= 11 is 0. The third kappa shape index (κ3) is 5.48. The highest BCUT2D eigenvalue weighted by molar-refractivity contribution is 7.88. The molecule has 0 saturated heterocycles. The Labute approximate surface area is 168 Å². The minimum absolute atomic E-state index is 1.14. The van der Waals surface area contributed by atoms with Crippen LogP contribution in [0.1, 0.15) is 12.8 Å². The van der Waals surface area contributed by atoms with E-state index in [0.29, 0.717) is 0 Å². The highest BCUT2D eigenvalue weighted by Crippen LogP contribution is 2.50. The van der Waals surface area contributed by atoms with Crippen molar-refractivity contribution in [3.05, 3.63) is 0 Å². The van der Waals surface area contributed by atoms with E-state index in [0.717, 1.165) is 0 Å². The Kier molecular flexibility index (Phi) is 8.57. The average Bonchev–Trinajstić information content (AvgIpc) is 2.55. The van der Waals surface area contributed by atoms with E-state index in [4.69, 9.17) is 0 Å². The van der Waals surface area contributed by atoms with Gasteiger partial charge in [-0.1, -0.05) is 0 Å². The van der Waals surface area contributed by atoms with E-state index in [-0.39, 0.29) is 0 Å². The normalized spacial score (nSPS) is 15.8. The van der Waals surface area contributed by atoms with Gasteiger partial charge in [-0.25, -0.2) is 0 Å². The maximum atomic E-state index is 13.0. The number of hydrogen-bond acceptors (Lipinski definition) is 6. The summed E-state index contributed by atoms with van der Waals surface area (Å²) in [7, 11) is -14.0. The van der Waals surface area contributed by atoms with Crippen molar-refractivity contribution in [1.82, 2.24) is 0 Å². The second-order valence-electron chi connectivity index (χ2n) is 5.44. The van der Waals surface area contributed by atoms with Gasteiger partial charge in [0.1, 0.15) is 0 Å². The fourth-order valence-corrected chi connectivity index (χ4v) is 3.16. The van der Waals surface area contributed by atoms with E-state index >= 15 is 0 Å². The van der Waals surface area contributed by atoms with Crippen LogP contribution >= 0.6 is 0 Å². The van der Waals surface area contributed by atoms with E-state index in [9.17, 15) is 78.3 Å². The average molecular weight is 554 g/mol. The molecule has 0 rings (SSSR count). The van der Waals surface area contributed by atoms with Gasteiger partial charge < -0.3 is 0 Å². The predicted octanol–water partition coefficient (Wildman–Crippen LogP) is 4.04. The second kappa shape index (κ2) is 8.89. The van der Waals surface area contributed by atoms with Gasteiger partial charge in [-0.2, -0.15) is 78.3 Å². The highest BCUT2D eigenvalue weighted by Gasteiger charge is 2.80. The minimum atomic E-state index is -7.12. The lowest BCUT2D eigenvalue weighted by Crippen LogP contribution is -2.56. The van der Waals surface area contributed by atoms with Gasteiger partial charge in [-0.3, -0.25) is 8.37 Å². The molecular weight excluding hydrogens is 546 g/mol. The summed E-state index contributed by atoms with van der Waals surface area (Å²) < 4.78 is 224. The number of rotatable bonds is 11. The smallest absolute Gasteiger partial charge is 0.265 e. The Morgan fingerprint density at radius 1 is 0.469 bits per heavy atom. The molecule has 0 aliphatic rings. The maximum absolute atomic E-state index is 13.0. The standard InChI is InChI=1S/C10H8F14O6S2/c11-5(12,7(15,16)17)9(21,22)31(25,26)29-3-1-2-4-30-32(27,28)10(23,24)6(13,14)8(18,19)20/h1-4H2.